The SMILES string of the molecule is CCCCCCCCCCCCC(=O)OC[C@H](COP(=O)(O)OC[C@H](O)COP(=O)(O)OC[C@@H](COC(=O)CCCCCCCCCCCCCCCCC(C)C)OC(=O)CCCCCCCCCCCCCCCCC(C)C)OC(=O)CCCCCCCCCC(C)C. The van der Waals surface area contributed by atoms with E-state index in [9.17, 15) is 43.2 Å². The molecule has 5 atom stereocenters. The van der Waals surface area contributed by atoms with Crippen molar-refractivity contribution in [1.29, 1.82) is 0 Å². The van der Waals surface area contributed by atoms with Crippen LogP contribution in [-0.4, -0.2) is 96.7 Å². The number of rotatable bonds is 73. The number of aliphatic hydroxyl groups excluding tert-OH is 1. The number of ether oxygens (including phenoxy) is 4. The van der Waals surface area contributed by atoms with E-state index in [0.717, 1.165) is 102 Å². The maximum absolute atomic E-state index is 13.1. The van der Waals surface area contributed by atoms with E-state index in [1.54, 1.807) is 0 Å². The van der Waals surface area contributed by atoms with Gasteiger partial charge in [0.1, 0.15) is 19.3 Å². The zero-order valence-corrected chi connectivity index (χ0v) is 63.2. The number of unbranched alkanes of at least 4 members (excludes halogenated alkanes) is 41. The summed E-state index contributed by atoms with van der Waals surface area (Å²) < 4.78 is 68.4. The van der Waals surface area contributed by atoms with Crippen LogP contribution in [0.1, 0.15) is 382 Å². The summed E-state index contributed by atoms with van der Waals surface area (Å²) in [6, 6.07) is 0. The molecule has 0 rings (SSSR count). The van der Waals surface area contributed by atoms with Crippen LogP contribution in [0.2, 0.25) is 0 Å². The summed E-state index contributed by atoms with van der Waals surface area (Å²) in [5.41, 5.74) is 0. The minimum Gasteiger partial charge on any atom is -0.462 e. The topological polar surface area (TPSA) is 237 Å². The van der Waals surface area contributed by atoms with Gasteiger partial charge >= 0.3 is 39.5 Å². The number of carbonyl (C=O) groups is 4. The van der Waals surface area contributed by atoms with Crippen LogP contribution >= 0.6 is 15.6 Å². The first-order valence-corrected chi connectivity index (χ1v) is 41.8. The van der Waals surface area contributed by atoms with Gasteiger partial charge in [0.15, 0.2) is 12.2 Å². The zero-order valence-electron chi connectivity index (χ0n) is 61.4. The number of esters is 4. The Labute approximate surface area is 575 Å². The summed E-state index contributed by atoms with van der Waals surface area (Å²) in [6.45, 7) is 11.9. The second kappa shape index (κ2) is 65.7. The quantitative estimate of drug-likeness (QED) is 0.0222. The first kappa shape index (κ1) is 92.1. The molecule has 3 N–H and O–H groups in total. The Morgan fingerprint density at radius 1 is 0.287 bits per heavy atom. The van der Waals surface area contributed by atoms with Crippen LogP contribution in [0.3, 0.4) is 0 Å². The van der Waals surface area contributed by atoms with E-state index in [2.05, 4.69) is 48.5 Å². The molecule has 0 aromatic carbocycles. The summed E-state index contributed by atoms with van der Waals surface area (Å²) in [7, 11) is -9.91. The van der Waals surface area contributed by atoms with Crippen molar-refractivity contribution in [2.75, 3.05) is 39.6 Å². The number of phosphoric acid groups is 2. The Morgan fingerprint density at radius 2 is 0.489 bits per heavy atom. The minimum absolute atomic E-state index is 0.103. The third kappa shape index (κ3) is 68.6. The van der Waals surface area contributed by atoms with Crippen molar-refractivity contribution < 1.29 is 80.2 Å². The fourth-order valence-corrected chi connectivity index (χ4v) is 13.0. The van der Waals surface area contributed by atoms with Gasteiger partial charge in [0, 0.05) is 25.7 Å². The first-order chi connectivity index (χ1) is 45.2. The summed E-state index contributed by atoms with van der Waals surface area (Å²) >= 11 is 0. The van der Waals surface area contributed by atoms with Gasteiger partial charge in [-0.25, -0.2) is 9.13 Å². The summed E-state index contributed by atoms with van der Waals surface area (Å²) in [6.07, 6.45) is 51.4. The van der Waals surface area contributed by atoms with E-state index >= 15 is 0 Å². The van der Waals surface area contributed by atoms with Crippen LogP contribution in [0.4, 0.5) is 0 Å². The predicted molar refractivity (Wildman–Crippen MR) is 381 cm³/mol. The van der Waals surface area contributed by atoms with Crippen molar-refractivity contribution in [3.63, 3.8) is 0 Å². The number of phosphoric ester groups is 2. The van der Waals surface area contributed by atoms with Gasteiger partial charge in [-0.05, 0) is 43.4 Å². The van der Waals surface area contributed by atoms with E-state index in [-0.39, 0.29) is 25.7 Å². The summed E-state index contributed by atoms with van der Waals surface area (Å²) in [5, 5.41) is 10.6. The molecule has 0 fully saturated rings. The van der Waals surface area contributed by atoms with Crippen molar-refractivity contribution in [2.24, 2.45) is 17.8 Å². The van der Waals surface area contributed by atoms with Crippen LogP contribution in [0.15, 0.2) is 0 Å². The van der Waals surface area contributed by atoms with Crippen LogP contribution in [0, 0.1) is 17.8 Å². The number of hydrogen-bond acceptors (Lipinski definition) is 15. The van der Waals surface area contributed by atoms with E-state index in [0.29, 0.717) is 31.6 Å². The molecule has 94 heavy (non-hydrogen) atoms. The molecule has 0 aliphatic rings. The molecule has 0 saturated carbocycles. The Bertz CT molecular complexity index is 1840. The lowest BCUT2D eigenvalue weighted by molar-refractivity contribution is -0.161. The van der Waals surface area contributed by atoms with Crippen molar-refractivity contribution in [2.45, 2.75) is 401 Å². The molecule has 19 heteroatoms. The van der Waals surface area contributed by atoms with Gasteiger partial charge in [-0.2, -0.15) is 0 Å². The highest BCUT2D eigenvalue weighted by atomic mass is 31.2. The van der Waals surface area contributed by atoms with E-state index in [4.69, 9.17) is 37.0 Å². The lowest BCUT2D eigenvalue weighted by Crippen LogP contribution is -2.30. The van der Waals surface area contributed by atoms with Gasteiger partial charge in [0.25, 0.3) is 0 Å². The second-order valence-electron chi connectivity index (χ2n) is 28.5. The first-order valence-electron chi connectivity index (χ1n) is 38.8. The predicted octanol–water partition coefficient (Wildman–Crippen LogP) is 21.8. The third-order valence-corrected chi connectivity index (χ3v) is 19.3. The molecule has 2 unspecified atom stereocenters. The molecular formula is C75H146O17P2. The zero-order chi connectivity index (χ0) is 69.4. The molecule has 0 aromatic heterocycles. The number of aliphatic hydroxyl groups is 1. The number of carbonyl (C=O) groups excluding carboxylic acids is 4. The molecule has 0 saturated heterocycles. The molecule has 0 radical (unpaired) electrons. The Morgan fingerprint density at radius 3 is 0.723 bits per heavy atom. The van der Waals surface area contributed by atoms with Crippen LogP contribution in [0.5, 0.6) is 0 Å². The van der Waals surface area contributed by atoms with Gasteiger partial charge in [-0.1, -0.05) is 331 Å². The fraction of sp³-hybridized carbons (Fsp3) is 0.947. The molecule has 0 aliphatic carbocycles. The molecule has 0 bridgehead atoms. The molecule has 17 nitrogen and oxygen atoms in total. The lowest BCUT2D eigenvalue weighted by Gasteiger charge is -2.21. The Kier molecular flexibility index (Phi) is 64.3. The Hall–Kier alpha value is -1.94. The average Bonchev–Trinajstić information content (AvgIpc) is 1.24. The normalized spacial score (nSPS) is 14.1. The maximum Gasteiger partial charge on any atom is 0.472 e. The third-order valence-electron chi connectivity index (χ3n) is 17.4. The minimum atomic E-state index is -4.96. The molecular weight excluding hydrogens is 1230 g/mol. The van der Waals surface area contributed by atoms with Crippen molar-refractivity contribution in [3.05, 3.63) is 0 Å². The average molecular weight is 1380 g/mol. The van der Waals surface area contributed by atoms with Gasteiger partial charge in [-0.15, -0.1) is 0 Å². The van der Waals surface area contributed by atoms with Crippen molar-refractivity contribution >= 4 is 39.5 Å². The van der Waals surface area contributed by atoms with Gasteiger partial charge in [0.2, 0.25) is 0 Å². The Balaban J connectivity index is 5.22. The van der Waals surface area contributed by atoms with E-state index in [1.807, 2.05) is 0 Å². The van der Waals surface area contributed by atoms with Crippen molar-refractivity contribution in [1.82, 2.24) is 0 Å². The fourth-order valence-electron chi connectivity index (χ4n) is 11.4. The molecule has 558 valence electrons. The van der Waals surface area contributed by atoms with E-state index in [1.165, 1.54) is 193 Å². The monoisotopic (exact) mass is 1380 g/mol. The molecule has 0 aliphatic heterocycles. The van der Waals surface area contributed by atoms with E-state index < -0.39 is 97.5 Å². The lowest BCUT2D eigenvalue weighted by atomic mass is 10.0. The van der Waals surface area contributed by atoms with Gasteiger partial charge in [-0.3, -0.25) is 37.3 Å². The molecule has 0 aromatic rings. The second-order valence-corrected chi connectivity index (χ2v) is 31.4. The molecule has 0 spiro atoms. The highest BCUT2D eigenvalue weighted by Gasteiger charge is 2.30. The number of hydrogen-bond donors (Lipinski definition) is 3. The largest absolute Gasteiger partial charge is 0.472 e. The maximum atomic E-state index is 13.1. The molecule has 0 heterocycles. The van der Waals surface area contributed by atoms with Crippen LogP contribution < -0.4 is 0 Å². The highest BCUT2D eigenvalue weighted by Crippen LogP contribution is 2.45. The van der Waals surface area contributed by atoms with Crippen LogP contribution in [-0.2, 0) is 65.4 Å². The van der Waals surface area contributed by atoms with Gasteiger partial charge < -0.3 is 33.8 Å². The standard InChI is InChI=1S/C75H146O17P2/c1-8-9-10-11-12-13-28-35-42-49-56-72(77)85-63-71(92-75(80)59-52-45-38-31-34-41-48-55-68(6)7)65-90-94(83,84)88-61-69(76)60-87-93(81,82)89-64-70(91-74(79)58-51-44-37-30-25-21-17-15-19-23-27-33-40-47-54-67(4)5)62-86-73(78)57-50-43-36-29-24-20-16-14-18-22-26-32-39-46-53-66(2)3/h66-71,76H,8-65H2,1-7H3,(H,81,82)(H,83,84)/t69-,70-,71-/m1/s1. The van der Waals surface area contributed by atoms with Gasteiger partial charge in [0.05, 0.1) is 26.4 Å². The van der Waals surface area contributed by atoms with Crippen LogP contribution in [0.25, 0.3) is 0 Å². The summed E-state index contributed by atoms with van der Waals surface area (Å²) in [5.74, 6) is 0.169. The smallest absolute Gasteiger partial charge is 0.462 e. The highest BCUT2D eigenvalue weighted by molar-refractivity contribution is 7.47. The summed E-state index contributed by atoms with van der Waals surface area (Å²) in [4.78, 5) is 72.7. The molecule has 0 amide bonds. The van der Waals surface area contributed by atoms with Crippen molar-refractivity contribution in [3.8, 4) is 0 Å².